The minimum absolute atomic E-state index is 0.168. The lowest BCUT2D eigenvalue weighted by molar-refractivity contribution is -0.137. The molecule has 1 heterocycles. The summed E-state index contributed by atoms with van der Waals surface area (Å²) in [6.45, 7) is 2.85. The van der Waals surface area contributed by atoms with Crippen LogP contribution in [0.15, 0.2) is 18.6 Å². The first-order chi connectivity index (χ1) is 9.58. The van der Waals surface area contributed by atoms with Gasteiger partial charge in [0.05, 0.1) is 12.2 Å². The lowest BCUT2D eigenvalue weighted by Crippen LogP contribution is -2.36. The molecule has 0 aromatic carbocycles. The van der Waals surface area contributed by atoms with Crippen molar-refractivity contribution in [3.8, 4) is 0 Å². The van der Waals surface area contributed by atoms with Gasteiger partial charge in [0.25, 0.3) is 0 Å². The number of aliphatic carboxylic acids is 1. The third-order valence-corrected chi connectivity index (χ3v) is 2.85. The Morgan fingerprint density at radius 3 is 2.80 bits per heavy atom. The number of rotatable bonds is 8. The molecular weight excluding hydrogens is 260 g/mol. The molecule has 1 rings (SSSR count). The molecule has 0 aliphatic rings. The number of hydrogen-bond donors (Lipinski definition) is 3. The van der Waals surface area contributed by atoms with Crippen molar-refractivity contribution in [2.45, 2.75) is 32.7 Å². The van der Waals surface area contributed by atoms with E-state index in [1.165, 1.54) is 6.33 Å². The van der Waals surface area contributed by atoms with Crippen LogP contribution in [-0.2, 0) is 11.3 Å². The van der Waals surface area contributed by atoms with Crippen molar-refractivity contribution in [3.05, 3.63) is 24.3 Å². The molecule has 3 N–H and O–H groups in total. The molecule has 0 fully saturated rings. The third kappa shape index (κ3) is 7.30. The van der Waals surface area contributed by atoms with Gasteiger partial charge in [0, 0.05) is 19.2 Å². The van der Waals surface area contributed by atoms with Crippen molar-refractivity contribution >= 4 is 12.0 Å². The number of carbonyl (C=O) groups excluding carboxylic acids is 1. The maximum Gasteiger partial charge on any atom is 0.315 e. The highest BCUT2D eigenvalue weighted by Gasteiger charge is 2.06. The van der Waals surface area contributed by atoms with Crippen LogP contribution in [0.5, 0.6) is 0 Å². The van der Waals surface area contributed by atoms with Crippen LogP contribution in [0.2, 0.25) is 0 Å². The van der Waals surface area contributed by atoms with Gasteiger partial charge in [-0.1, -0.05) is 6.92 Å². The van der Waals surface area contributed by atoms with Crippen LogP contribution in [-0.4, -0.2) is 33.6 Å². The summed E-state index contributed by atoms with van der Waals surface area (Å²) in [6, 6.07) is 1.47. The number of carbonyl (C=O) groups is 2. The number of nitrogens with one attached hydrogen (secondary N) is 2. The van der Waals surface area contributed by atoms with Gasteiger partial charge in [-0.3, -0.25) is 4.79 Å². The fourth-order valence-electron chi connectivity index (χ4n) is 1.60. The second-order valence-corrected chi connectivity index (χ2v) is 4.64. The molecular formula is C13H20N4O3. The highest BCUT2D eigenvalue weighted by molar-refractivity contribution is 5.73. The third-order valence-electron chi connectivity index (χ3n) is 2.85. The molecule has 0 bridgehead atoms. The number of carboxylic acids is 1. The van der Waals surface area contributed by atoms with Gasteiger partial charge in [-0.05, 0) is 24.8 Å². The Kier molecular flexibility index (Phi) is 7.02. The normalized spacial score (nSPS) is 11.7. The average Bonchev–Trinajstić information content (AvgIpc) is 2.44. The number of amides is 2. The van der Waals surface area contributed by atoms with E-state index in [0.717, 1.165) is 12.1 Å². The predicted octanol–water partition coefficient (Wildman–Crippen LogP) is 1.17. The van der Waals surface area contributed by atoms with Crippen LogP contribution in [0.4, 0.5) is 4.79 Å². The number of carboxylic acid groups (broad SMARTS) is 1. The summed E-state index contributed by atoms with van der Waals surface area (Å²) in [5.74, 6) is -0.513. The molecule has 1 unspecified atom stereocenters. The van der Waals surface area contributed by atoms with E-state index in [2.05, 4.69) is 20.6 Å². The van der Waals surface area contributed by atoms with Crippen LogP contribution >= 0.6 is 0 Å². The van der Waals surface area contributed by atoms with Crippen LogP contribution in [0.25, 0.3) is 0 Å². The summed E-state index contributed by atoms with van der Waals surface area (Å²) in [6.07, 6.45) is 4.60. The van der Waals surface area contributed by atoms with Crippen molar-refractivity contribution in [1.29, 1.82) is 0 Å². The van der Waals surface area contributed by atoms with Crippen molar-refractivity contribution in [3.63, 3.8) is 0 Å². The number of nitrogens with zero attached hydrogens (tertiary/aromatic N) is 2. The van der Waals surface area contributed by atoms with E-state index in [1.54, 1.807) is 12.3 Å². The van der Waals surface area contributed by atoms with Crippen molar-refractivity contribution in [1.82, 2.24) is 20.6 Å². The molecule has 7 nitrogen and oxygen atoms in total. The van der Waals surface area contributed by atoms with Crippen LogP contribution in [0.3, 0.4) is 0 Å². The van der Waals surface area contributed by atoms with Gasteiger partial charge in [0.15, 0.2) is 0 Å². The van der Waals surface area contributed by atoms with E-state index in [0.29, 0.717) is 19.5 Å². The molecule has 1 atom stereocenters. The van der Waals surface area contributed by atoms with E-state index in [1.807, 2.05) is 6.92 Å². The maximum absolute atomic E-state index is 11.5. The lowest BCUT2D eigenvalue weighted by Gasteiger charge is -2.11. The second kappa shape index (κ2) is 8.84. The fraction of sp³-hybridized carbons (Fsp3) is 0.538. The summed E-state index contributed by atoms with van der Waals surface area (Å²) in [4.78, 5) is 29.7. The van der Waals surface area contributed by atoms with E-state index >= 15 is 0 Å². The van der Waals surface area contributed by atoms with Crippen molar-refractivity contribution < 1.29 is 14.7 Å². The Labute approximate surface area is 117 Å². The molecule has 110 valence electrons. The van der Waals surface area contributed by atoms with Crippen molar-refractivity contribution in [2.24, 2.45) is 5.92 Å². The largest absolute Gasteiger partial charge is 0.481 e. The molecule has 0 aliphatic heterocycles. The van der Waals surface area contributed by atoms with E-state index in [9.17, 15) is 9.59 Å². The van der Waals surface area contributed by atoms with Crippen LogP contribution < -0.4 is 10.6 Å². The van der Waals surface area contributed by atoms with Gasteiger partial charge < -0.3 is 15.7 Å². The minimum atomic E-state index is -0.785. The van der Waals surface area contributed by atoms with Gasteiger partial charge >= 0.3 is 12.0 Å². The standard InChI is InChI=1S/C13H20N4O3/c1-10(2-3-12(18)19)4-7-15-13(20)16-8-11-5-6-14-9-17-11/h5-6,9-10H,2-4,7-8H2,1H3,(H,18,19)(H2,15,16,20). The van der Waals surface area contributed by atoms with Gasteiger partial charge in [-0.2, -0.15) is 0 Å². The van der Waals surface area contributed by atoms with Crippen LogP contribution in [0.1, 0.15) is 31.9 Å². The topological polar surface area (TPSA) is 104 Å². The number of aromatic nitrogens is 2. The van der Waals surface area contributed by atoms with Gasteiger partial charge in [0.2, 0.25) is 0 Å². The Morgan fingerprint density at radius 2 is 2.15 bits per heavy atom. The van der Waals surface area contributed by atoms with Gasteiger partial charge in [-0.15, -0.1) is 0 Å². The Bertz CT molecular complexity index is 425. The smallest absolute Gasteiger partial charge is 0.315 e. The first-order valence-electron chi connectivity index (χ1n) is 6.56. The quantitative estimate of drug-likeness (QED) is 0.663. The predicted molar refractivity (Wildman–Crippen MR) is 72.9 cm³/mol. The summed E-state index contributed by atoms with van der Waals surface area (Å²) in [7, 11) is 0. The maximum atomic E-state index is 11.5. The fourth-order valence-corrected chi connectivity index (χ4v) is 1.60. The highest BCUT2D eigenvalue weighted by atomic mass is 16.4. The lowest BCUT2D eigenvalue weighted by atomic mass is 10.0. The van der Waals surface area contributed by atoms with Gasteiger partial charge in [-0.25, -0.2) is 14.8 Å². The summed E-state index contributed by atoms with van der Waals surface area (Å²) in [5, 5.41) is 14.0. The highest BCUT2D eigenvalue weighted by Crippen LogP contribution is 2.08. The van der Waals surface area contributed by atoms with E-state index in [4.69, 9.17) is 5.11 Å². The monoisotopic (exact) mass is 280 g/mol. The van der Waals surface area contributed by atoms with Crippen molar-refractivity contribution in [2.75, 3.05) is 6.54 Å². The Balaban J connectivity index is 2.09. The molecule has 7 heteroatoms. The molecule has 0 saturated carbocycles. The Morgan fingerprint density at radius 1 is 1.35 bits per heavy atom. The molecule has 0 aliphatic carbocycles. The van der Waals surface area contributed by atoms with E-state index < -0.39 is 5.97 Å². The zero-order valence-corrected chi connectivity index (χ0v) is 11.5. The first kappa shape index (κ1) is 15.9. The molecule has 1 aromatic rings. The molecule has 0 radical (unpaired) electrons. The molecule has 0 saturated heterocycles. The Hall–Kier alpha value is -2.18. The molecule has 1 aromatic heterocycles. The van der Waals surface area contributed by atoms with Crippen LogP contribution in [0, 0.1) is 5.92 Å². The van der Waals surface area contributed by atoms with E-state index in [-0.39, 0.29) is 18.4 Å². The summed E-state index contributed by atoms with van der Waals surface area (Å²) in [5.41, 5.74) is 0.741. The zero-order valence-electron chi connectivity index (χ0n) is 11.5. The minimum Gasteiger partial charge on any atom is -0.481 e. The zero-order chi connectivity index (χ0) is 14.8. The van der Waals surface area contributed by atoms with Gasteiger partial charge in [0.1, 0.15) is 6.33 Å². The molecule has 2 amide bonds. The molecule has 20 heavy (non-hydrogen) atoms. The number of hydrogen-bond acceptors (Lipinski definition) is 4. The summed E-state index contributed by atoms with van der Waals surface area (Å²) < 4.78 is 0. The SMILES string of the molecule is CC(CCNC(=O)NCc1ccncn1)CCC(=O)O. The summed E-state index contributed by atoms with van der Waals surface area (Å²) >= 11 is 0. The first-order valence-corrected chi connectivity index (χ1v) is 6.56. The number of urea groups is 1. The second-order valence-electron chi connectivity index (χ2n) is 4.64. The average molecular weight is 280 g/mol. The molecule has 0 spiro atoms.